The molecule has 5 rings (SSSR count). The first-order chi connectivity index (χ1) is 13.7. The first-order valence-electron chi connectivity index (χ1n) is 8.73. The topological polar surface area (TPSA) is 80.1 Å². The normalized spacial score (nSPS) is 12.2. The van der Waals surface area contributed by atoms with Gasteiger partial charge in [-0.25, -0.2) is 0 Å². The van der Waals surface area contributed by atoms with Gasteiger partial charge in [0.1, 0.15) is 5.69 Å². The van der Waals surface area contributed by atoms with Crippen LogP contribution in [0.3, 0.4) is 0 Å². The monoisotopic (exact) mass is 386 g/mol. The molecule has 0 spiro atoms. The van der Waals surface area contributed by atoms with Crippen molar-refractivity contribution in [2.75, 3.05) is 0 Å². The Morgan fingerprint density at radius 3 is 2.68 bits per heavy atom. The lowest BCUT2D eigenvalue weighted by atomic mass is 10.1. The molecule has 136 valence electrons. The molecule has 0 aliphatic carbocycles. The Morgan fingerprint density at radius 1 is 1.04 bits per heavy atom. The molecule has 0 saturated carbocycles. The van der Waals surface area contributed by atoms with E-state index in [1.54, 1.807) is 0 Å². The van der Waals surface area contributed by atoms with Crippen LogP contribution in [0.15, 0.2) is 70.4 Å². The molecule has 0 fully saturated rings. The summed E-state index contributed by atoms with van der Waals surface area (Å²) in [6, 6.07) is 17.4. The van der Waals surface area contributed by atoms with E-state index in [9.17, 15) is 9.59 Å². The molecule has 2 aromatic carbocycles. The molecule has 0 unspecified atom stereocenters. The summed E-state index contributed by atoms with van der Waals surface area (Å²) in [6.45, 7) is 0. The molecule has 0 saturated heterocycles. The molecule has 0 amide bonds. The molecule has 0 radical (unpaired) electrons. The minimum absolute atomic E-state index is 0.261. The molecule has 0 atom stereocenters. The van der Waals surface area contributed by atoms with Gasteiger partial charge in [-0.1, -0.05) is 59.9 Å². The third-order valence-corrected chi connectivity index (χ3v) is 5.53. The lowest BCUT2D eigenvalue weighted by Gasteiger charge is -1.99. The van der Waals surface area contributed by atoms with Crippen molar-refractivity contribution in [2.24, 2.45) is 0 Å². The van der Waals surface area contributed by atoms with Gasteiger partial charge in [0.15, 0.2) is 0 Å². The third kappa shape index (κ3) is 2.82. The number of aromatic nitrogens is 4. The number of nitrogens with zero attached hydrogens (tertiary/aromatic N) is 3. The Hall–Kier alpha value is -3.58. The molecule has 1 N–H and O–H groups in total. The maximum Gasteiger partial charge on any atom is 0.296 e. The summed E-state index contributed by atoms with van der Waals surface area (Å²) in [5, 5.41) is 5.32. The zero-order valence-electron chi connectivity index (χ0n) is 14.6. The number of aromatic amines is 1. The van der Waals surface area contributed by atoms with E-state index in [0.717, 1.165) is 22.0 Å². The Labute approximate surface area is 162 Å². The van der Waals surface area contributed by atoms with Gasteiger partial charge >= 0.3 is 0 Å². The highest BCUT2D eigenvalue weighted by Crippen LogP contribution is 2.18. The van der Waals surface area contributed by atoms with Crippen LogP contribution in [0.4, 0.5) is 0 Å². The standard InChI is InChI=1S/C21H14N4O2S/c26-19-17(10-13-6-2-1-3-7-13)24-25-20(27)18(28-21(25)23-19)11-14-12-22-16-9-5-4-8-15(14)16/h1-9,11-12,22H,10H2. The number of hydrogen-bond acceptors (Lipinski definition) is 5. The van der Waals surface area contributed by atoms with Crippen molar-refractivity contribution in [2.45, 2.75) is 6.42 Å². The zero-order valence-corrected chi connectivity index (χ0v) is 15.4. The van der Waals surface area contributed by atoms with Crippen LogP contribution in [0.2, 0.25) is 0 Å². The van der Waals surface area contributed by atoms with Gasteiger partial charge in [0, 0.05) is 29.1 Å². The number of fused-ring (bicyclic) bond motifs is 2. The number of hydrogen-bond donors (Lipinski definition) is 1. The first kappa shape index (κ1) is 16.6. The predicted molar refractivity (Wildman–Crippen MR) is 110 cm³/mol. The van der Waals surface area contributed by atoms with Gasteiger partial charge in [0.2, 0.25) is 4.96 Å². The summed E-state index contributed by atoms with van der Waals surface area (Å²) in [6.07, 6.45) is 4.01. The Balaban J connectivity index is 1.65. The summed E-state index contributed by atoms with van der Waals surface area (Å²) in [4.78, 5) is 32.8. The van der Waals surface area contributed by atoms with E-state index in [4.69, 9.17) is 0 Å². The molecule has 0 aliphatic heterocycles. The molecular formula is C21H14N4O2S. The second kappa shape index (κ2) is 6.54. The van der Waals surface area contributed by atoms with Gasteiger partial charge in [-0.15, -0.1) is 0 Å². The van der Waals surface area contributed by atoms with Crippen molar-refractivity contribution >= 4 is 33.3 Å². The van der Waals surface area contributed by atoms with Crippen LogP contribution in [0.25, 0.3) is 21.9 Å². The number of nitrogens with one attached hydrogen (secondary N) is 1. The fourth-order valence-electron chi connectivity index (χ4n) is 3.20. The average Bonchev–Trinajstić information content (AvgIpc) is 3.25. The van der Waals surface area contributed by atoms with Crippen molar-refractivity contribution < 1.29 is 0 Å². The number of rotatable bonds is 3. The molecular weight excluding hydrogens is 372 g/mol. The second-order valence-corrected chi connectivity index (χ2v) is 7.43. The lowest BCUT2D eigenvalue weighted by Crippen LogP contribution is -2.28. The summed E-state index contributed by atoms with van der Waals surface area (Å²) in [5.41, 5.74) is 2.44. The summed E-state index contributed by atoms with van der Waals surface area (Å²) < 4.78 is 1.71. The summed E-state index contributed by atoms with van der Waals surface area (Å²) >= 11 is 1.17. The fourth-order valence-corrected chi connectivity index (χ4v) is 4.09. The van der Waals surface area contributed by atoms with Gasteiger partial charge < -0.3 is 4.98 Å². The van der Waals surface area contributed by atoms with Gasteiger partial charge in [-0.2, -0.15) is 14.6 Å². The quantitative estimate of drug-likeness (QED) is 0.515. The van der Waals surface area contributed by atoms with Crippen LogP contribution >= 0.6 is 11.3 Å². The Morgan fingerprint density at radius 2 is 1.82 bits per heavy atom. The van der Waals surface area contributed by atoms with Gasteiger partial charge in [-0.3, -0.25) is 9.59 Å². The number of thiazole rings is 1. The van der Waals surface area contributed by atoms with Crippen LogP contribution < -0.4 is 15.7 Å². The highest BCUT2D eigenvalue weighted by Gasteiger charge is 2.12. The van der Waals surface area contributed by atoms with Gasteiger partial charge in [0.05, 0.1) is 4.53 Å². The predicted octanol–water partition coefficient (Wildman–Crippen LogP) is 2.13. The molecule has 6 nitrogen and oxygen atoms in total. The molecule has 0 aliphatic rings. The van der Waals surface area contributed by atoms with E-state index in [-0.39, 0.29) is 11.3 Å². The number of benzene rings is 2. The van der Waals surface area contributed by atoms with Crippen molar-refractivity contribution in [3.63, 3.8) is 0 Å². The second-order valence-electron chi connectivity index (χ2n) is 6.43. The van der Waals surface area contributed by atoms with Crippen molar-refractivity contribution in [1.82, 2.24) is 19.6 Å². The van der Waals surface area contributed by atoms with E-state index >= 15 is 0 Å². The molecule has 5 aromatic rings. The third-order valence-electron chi connectivity index (χ3n) is 4.57. The molecule has 28 heavy (non-hydrogen) atoms. The van der Waals surface area contributed by atoms with Crippen molar-refractivity contribution in [3.8, 4) is 0 Å². The molecule has 3 heterocycles. The maximum atomic E-state index is 12.8. The highest BCUT2D eigenvalue weighted by molar-refractivity contribution is 7.15. The van der Waals surface area contributed by atoms with Crippen LogP contribution in [-0.2, 0) is 6.42 Å². The van der Waals surface area contributed by atoms with Crippen molar-refractivity contribution in [3.05, 3.63) is 103 Å². The van der Waals surface area contributed by atoms with E-state index < -0.39 is 5.56 Å². The zero-order chi connectivity index (χ0) is 19.1. The molecule has 0 bridgehead atoms. The lowest BCUT2D eigenvalue weighted by molar-refractivity contribution is 0.811. The Kier molecular flexibility index (Phi) is 3.87. The van der Waals surface area contributed by atoms with Gasteiger partial charge in [-0.05, 0) is 17.7 Å². The fraction of sp³-hybridized carbons (Fsp3) is 0.0476. The largest absolute Gasteiger partial charge is 0.361 e. The number of H-pyrrole nitrogens is 1. The smallest absolute Gasteiger partial charge is 0.296 e. The summed E-state index contributed by atoms with van der Waals surface area (Å²) in [5.74, 6) is 0. The van der Waals surface area contributed by atoms with E-state index in [2.05, 4.69) is 15.1 Å². The molecule has 7 heteroatoms. The maximum absolute atomic E-state index is 12.8. The first-order valence-corrected chi connectivity index (χ1v) is 9.55. The van der Waals surface area contributed by atoms with Crippen LogP contribution in [0.1, 0.15) is 16.8 Å². The van der Waals surface area contributed by atoms with Crippen molar-refractivity contribution in [1.29, 1.82) is 0 Å². The molecule has 3 aromatic heterocycles. The van der Waals surface area contributed by atoms with Gasteiger partial charge in [0.25, 0.3) is 11.1 Å². The number of para-hydroxylation sites is 1. The summed E-state index contributed by atoms with van der Waals surface area (Å²) in [7, 11) is 0. The van der Waals surface area contributed by atoms with Crippen LogP contribution in [0.5, 0.6) is 0 Å². The van der Waals surface area contributed by atoms with E-state index in [1.165, 1.54) is 15.9 Å². The average molecular weight is 386 g/mol. The van der Waals surface area contributed by atoms with E-state index in [1.807, 2.05) is 66.9 Å². The SMILES string of the molecule is O=c1nc2sc(=Cc3c[nH]c4ccccc34)c(=O)n2nc1Cc1ccccc1. The van der Waals surface area contributed by atoms with E-state index in [0.29, 0.717) is 15.9 Å². The minimum atomic E-state index is -0.399. The minimum Gasteiger partial charge on any atom is -0.361 e. The van der Waals surface area contributed by atoms with Crippen LogP contribution in [-0.4, -0.2) is 19.6 Å². The van der Waals surface area contributed by atoms with Crippen LogP contribution in [0, 0.1) is 0 Å². The highest BCUT2D eigenvalue weighted by atomic mass is 32.1. The Bertz CT molecular complexity index is 1480.